The third-order valence-corrected chi connectivity index (χ3v) is 2.80. The summed E-state index contributed by atoms with van der Waals surface area (Å²) in [5, 5.41) is 10.2. The fourth-order valence-electron chi connectivity index (χ4n) is 1.98. The molecule has 1 aliphatic carbocycles. The van der Waals surface area contributed by atoms with E-state index in [2.05, 4.69) is 11.4 Å². The summed E-state index contributed by atoms with van der Waals surface area (Å²) in [7, 11) is 0. The molecule has 2 nitrogen and oxygen atoms in total. The van der Waals surface area contributed by atoms with E-state index in [0.717, 1.165) is 19.5 Å². The summed E-state index contributed by atoms with van der Waals surface area (Å²) in [5.74, 6) is 0. The molecule has 0 atom stereocenters. The first-order chi connectivity index (χ1) is 6.93. The van der Waals surface area contributed by atoms with Crippen LogP contribution in [0.2, 0.25) is 0 Å². The lowest BCUT2D eigenvalue weighted by molar-refractivity contribution is 0.293. The molecule has 0 aromatic heterocycles. The summed E-state index contributed by atoms with van der Waals surface area (Å²) in [5.41, 5.74) is 1.68. The molecule has 14 heavy (non-hydrogen) atoms. The number of rotatable bonds is 5. The Bertz CT molecular complexity index is 156. The molecule has 0 unspecified atom stereocenters. The number of allylic oxidation sites excluding steroid dienone is 1. The monoisotopic (exact) mass is 198 g/mol. The zero-order chi connectivity index (χ0) is 10.1. The topological polar surface area (TPSA) is 34.9 Å². The van der Waals surface area contributed by atoms with Gasteiger partial charge in [0.25, 0.3) is 0 Å². The maximum atomic E-state index is 6.98. The average molecular weight is 198 g/mol. The van der Waals surface area contributed by atoms with Gasteiger partial charge in [-0.3, -0.25) is 0 Å². The first-order valence-corrected chi connectivity index (χ1v) is 5.96. The van der Waals surface area contributed by atoms with Gasteiger partial charge in [0.05, 0.1) is 6.54 Å². The van der Waals surface area contributed by atoms with Crippen LogP contribution in [-0.2, 0) is 0 Å². The van der Waals surface area contributed by atoms with Crippen LogP contribution in [-0.4, -0.2) is 24.8 Å². The predicted molar refractivity (Wildman–Crippen MR) is 61.8 cm³/mol. The van der Waals surface area contributed by atoms with Crippen molar-refractivity contribution in [3.63, 3.8) is 0 Å². The van der Waals surface area contributed by atoms with Gasteiger partial charge in [-0.25, -0.2) is 0 Å². The Morgan fingerprint density at radius 1 is 1.07 bits per heavy atom. The molecule has 0 aromatic carbocycles. The van der Waals surface area contributed by atoms with Crippen LogP contribution in [0, 0.1) is 0 Å². The lowest BCUT2D eigenvalue weighted by Gasteiger charge is -2.02. The zero-order valence-electron chi connectivity index (χ0n) is 9.15. The fourth-order valence-corrected chi connectivity index (χ4v) is 1.98. The van der Waals surface area contributed by atoms with Crippen LogP contribution >= 0.6 is 0 Å². The van der Waals surface area contributed by atoms with E-state index in [4.69, 9.17) is 5.11 Å². The van der Waals surface area contributed by atoms with Crippen molar-refractivity contribution in [2.45, 2.75) is 44.9 Å². The second-order valence-electron chi connectivity index (χ2n) is 4.07. The smallest absolute Gasteiger partial charge is 0.156 e. The molecular weight excluding hydrogens is 174 g/mol. The number of nitrogens with one attached hydrogen (secondary N) is 1. The first kappa shape index (κ1) is 11.7. The normalized spacial score (nSPS) is 17.9. The SMILES string of the molecule is [OH2+]CCNCCC=C1CCCCCC1. The van der Waals surface area contributed by atoms with Crippen molar-refractivity contribution in [3.05, 3.63) is 11.6 Å². The highest BCUT2D eigenvalue weighted by Gasteiger charge is 2.02. The zero-order valence-corrected chi connectivity index (χ0v) is 9.15. The quantitative estimate of drug-likeness (QED) is 0.312. The molecule has 0 amide bonds. The molecule has 1 fully saturated rings. The van der Waals surface area contributed by atoms with E-state index in [1.165, 1.54) is 38.5 Å². The minimum Gasteiger partial charge on any atom is -0.444 e. The Labute approximate surface area is 87.4 Å². The summed E-state index contributed by atoms with van der Waals surface area (Å²) in [6.07, 6.45) is 11.9. The molecule has 1 saturated carbocycles. The van der Waals surface area contributed by atoms with Crippen molar-refractivity contribution in [2.24, 2.45) is 0 Å². The van der Waals surface area contributed by atoms with Gasteiger partial charge in [0, 0.05) is 0 Å². The van der Waals surface area contributed by atoms with Crippen LogP contribution in [0.5, 0.6) is 0 Å². The van der Waals surface area contributed by atoms with Gasteiger partial charge in [0.2, 0.25) is 0 Å². The van der Waals surface area contributed by atoms with Crippen molar-refractivity contribution in [3.8, 4) is 0 Å². The molecule has 3 N–H and O–H groups in total. The molecule has 0 bridgehead atoms. The number of hydrogen-bond donors (Lipinski definition) is 1. The molecule has 0 heterocycles. The molecule has 0 radical (unpaired) electrons. The molecule has 0 aromatic rings. The van der Waals surface area contributed by atoms with Crippen LogP contribution in [0.1, 0.15) is 44.9 Å². The van der Waals surface area contributed by atoms with Gasteiger partial charge in [0.1, 0.15) is 0 Å². The highest BCUT2D eigenvalue weighted by Crippen LogP contribution is 2.21. The molecule has 0 saturated heterocycles. The maximum absolute atomic E-state index is 6.98. The number of hydrogen-bond acceptors (Lipinski definition) is 1. The highest BCUT2D eigenvalue weighted by molar-refractivity contribution is 5.03. The van der Waals surface area contributed by atoms with E-state index in [1.807, 2.05) is 0 Å². The van der Waals surface area contributed by atoms with Gasteiger partial charge >= 0.3 is 0 Å². The maximum Gasteiger partial charge on any atom is 0.156 e. The molecule has 0 aliphatic heterocycles. The van der Waals surface area contributed by atoms with E-state index in [1.54, 1.807) is 5.57 Å². The lowest BCUT2D eigenvalue weighted by Crippen LogP contribution is -2.18. The molecule has 0 spiro atoms. The largest absolute Gasteiger partial charge is 0.444 e. The van der Waals surface area contributed by atoms with Crippen LogP contribution in [0.15, 0.2) is 11.6 Å². The predicted octanol–water partition coefficient (Wildman–Crippen LogP) is 1.97. The van der Waals surface area contributed by atoms with Crippen molar-refractivity contribution in [1.29, 1.82) is 0 Å². The molecule has 82 valence electrons. The molecule has 1 aliphatic rings. The van der Waals surface area contributed by atoms with E-state index < -0.39 is 0 Å². The lowest BCUT2D eigenvalue weighted by atomic mass is 10.1. The van der Waals surface area contributed by atoms with Crippen LogP contribution < -0.4 is 5.32 Å². The van der Waals surface area contributed by atoms with Crippen LogP contribution in [0.3, 0.4) is 0 Å². The van der Waals surface area contributed by atoms with E-state index in [0.29, 0.717) is 6.61 Å². The van der Waals surface area contributed by atoms with E-state index in [9.17, 15) is 0 Å². The van der Waals surface area contributed by atoms with Crippen molar-refractivity contribution in [1.82, 2.24) is 5.32 Å². The van der Waals surface area contributed by atoms with Gasteiger partial charge in [-0.05, 0) is 38.6 Å². The summed E-state index contributed by atoms with van der Waals surface area (Å²) in [4.78, 5) is 0. The summed E-state index contributed by atoms with van der Waals surface area (Å²) in [6, 6.07) is 0. The van der Waals surface area contributed by atoms with Crippen LogP contribution in [0.4, 0.5) is 0 Å². The third-order valence-electron chi connectivity index (χ3n) is 2.80. The Hall–Kier alpha value is -0.340. The Kier molecular flexibility index (Phi) is 6.71. The highest BCUT2D eigenvalue weighted by atomic mass is 16.3. The van der Waals surface area contributed by atoms with Gasteiger partial charge in [-0.2, -0.15) is 0 Å². The summed E-state index contributed by atoms with van der Waals surface area (Å²) >= 11 is 0. The minimum absolute atomic E-state index is 0.497. The Morgan fingerprint density at radius 3 is 2.43 bits per heavy atom. The molecule has 2 heteroatoms. The van der Waals surface area contributed by atoms with Gasteiger partial charge in [-0.1, -0.05) is 24.5 Å². The van der Waals surface area contributed by atoms with Crippen molar-refractivity contribution < 1.29 is 5.11 Å². The second-order valence-corrected chi connectivity index (χ2v) is 4.07. The standard InChI is InChI=1S/C12H23NO/c14-11-10-13-9-5-8-12-6-3-1-2-4-7-12/h8,13-14H,1-7,9-11H2/p+1. The van der Waals surface area contributed by atoms with Gasteiger partial charge < -0.3 is 10.4 Å². The molecule has 1 rings (SSSR count). The third kappa shape index (κ3) is 5.40. The second kappa shape index (κ2) is 8.01. The van der Waals surface area contributed by atoms with E-state index >= 15 is 0 Å². The van der Waals surface area contributed by atoms with Gasteiger partial charge in [0.15, 0.2) is 6.61 Å². The molecular formula is C12H24NO+. The van der Waals surface area contributed by atoms with Gasteiger partial charge in [-0.15, -0.1) is 0 Å². The minimum atomic E-state index is 0.497. The van der Waals surface area contributed by atoms with Crippen molar-refractivity contribution >= 4 is 0 Å². The first-order valence-electron chi connectivity index (χ1n) is 5.96. The van der Waals surface area contributed by atoms with Crippen molar-refractivity contribution in [2.75, 3.05) is 19.7 Å². The Balaban J connectivity index is 2.08. The van der Waals surface area contributed by atoms with Crippen LogP contribution in [0.25, 0.3) is 0 Å². The Morgan fingerprint density at radius 2 is 1.79 bits per heavy atom. The summed E-state index contributed by atoms with van der Waals surface area (Å²) in [6.45, 7) is 2.38. The van der Waals surface area contributed by atoms with E-state index in [-0.39, 0.29) is 0 Å². The average Bonchev–Trinajstić information content (AvgIpc) is 2.46. The summed E-state index contributed by atoms with van der Waals surface area (Å²) < 4.78 is 0. The fraction of sp³-hybridized carbons (Fsp3) is 0.833.